The van der Waals surface area contributed by atoms with Gasteiger partial charge in [0.1, 0.15) is 0 Å². The van der Waals surface area contributed by atoms with Crippen LogP contribution in [0, 0.1) is 12.8 Å². The lowest BCUT2D eigenvalue weighted by Crippen LogP contribution is -2.40. The zero-order chi connectivity index (χ0) is 13.8. The Bertz CT molecular complexity index is 403. The van der Waals surface area contributed by atoms with Gasteiger partial charge in [-0.05, 0) is 63.7 Å². The van der Waals surface area contributed by atoms with Gasteiger partial charge < -0.3 is 9.80 Å². The molecule has 2 fully saturated rings. The second-order valence-electron chi connectivity index (χ2n) is 6.32. The summed E-state index contributed by atoms with van der Waals surface area (Å²) in [4.78, 5) is 5.06. The Morgan fingerprint density at radius 1 is 1.00 bits per heavy atom. The lowest BCUT2D eigenvalue weighted by atomic mass is 9.95. The minimum absolute atomic E-state index is 0.878. The third kappa shape index (κ3) is 3.48. The van der Waals surface area contributed by atoms with E-state index in [9.17, 15) is 0 Å². The summed E-state index contributed by atoms with van der Waals surface area (Å²) in [5.74, 6) is 1.93. The van der Waals surface area contributed by atoms with Gasteiger partial charge in [0.25, 0.3) is 0 Å². The van der Waals surface area contributed by atoms with Crippen molar-refractivity contribution in [2.75, 3.05) is 37.6 Å². The molecule has 0 N–H and O–H groups in total. The summed E-state index contributed by atoms with van der Waals surface area (Å²) in [6.45, 7) is 8.22. The zero-order valence-corrected chi connectivity index (χ0v) is 12.6. The number of hydrogen-bond acceptors (Lipinski definition) is 4. The molecule has 0 amide bonds. The van der Waals surface area contributed by atoms with Crippen molar-refractivity contribution in [1.82, 2.24) is 15.1 Å². The van der Waals surface area contributed by atoms with E-state index in [4.69, 9.17) is 0 Å². The Labute approximate surface area is 122 Å². The minimum atomic E-state index is 0.878. The van der Waals surface area contributed by atoms with E-state index in [-0.39, 0.29) is 0 Å². The number of likely N-dealkylation sites (tertiary alicyclic amines) is 1. The first-order valence-corrected chi connectivity index (χ1v) is 8.09. The minimum Gasteiger partial charge on any atom is -0.355 e. The Morgan fingerprint density at radius 3 is 2.40 bits per heavy atom. The highest BCUT2D eigenvalue weighted by molar-refractivity contribution is 5.37. The third-order valence-corrected chi connectivity index (χ3v) is 4.69. The van der Waals surface area contributed by atoms with Gasteiger partial charge in [-0.1, -0.05) is 6.42 Å². The summed E-state index contributed by atoms with van der Waals surface area (Å²) in [7, 11) is 0. The molecule has 0 atom stereocenters. The highest BCUT2D eigenvalue weighted by Crippen LogP contribution is 2.23. The van der Waals surface area contributed by atoms with E-state index >= 15 is 0 Å². The van der Waals surface area contributed by atoms with Crippen LogP contribution in [-0.4, -0.2) is 47.8 Å². The average molecular weight is 274 g/mol. The number of rotatable bonds is 3. The van der Waals surface area contributed by atoms with Gasteiger partial charge in [-0.15, -0.1) is 5.10 Å². The van der Waals surface area contributed by atoms with Crippen LogP contribution in [0.25, 0.3) is 0 Å². The summed E-state index contributed by atoms with van der Waals surface area (Å²) in [5.41, 5.74) is 0.994. The van der Waals surface area contributed by atoms with Gasteiger partial charge in [-0.2, -0.15) is 5.10 Å². The molecule has 1 aromatic heterocycles. The van der Waals surface area contributed by atoms with Crippen molar-refractivity contribution in [3.05, 3.63) is 17.8 Å². The molecular formula is C16H26N4. The Balaban J connectivity index is 1.47. The topological polar surface area (TPSA) is 32.3 Å². The summed E-state index contributed by atoms with van der Waals surface area (Å²) >= 11 is 0. The molecule has 0 unspecified atom stereocenters. The Hall–Kier alpha value is -1.16. The molecule has 4 nitrogen and oxygen atoms in total. The van der Waals surface area contributed by atoms with E-state index in [2.05, 4.69) is 32.1 Å². The predicted molar refractivity (Wildman–Crippen MR) is 82.0 cm³/mol. The molecular weight excluding hydrogens is 248 g/mol. The number of hydrogen-bond donors (Lipinski definition) is 0. The standard InChI is InChI=1S/C16H26N4/c1-14-5-6-16(18-17-14)20-11-7-15(8-12-20)13-19-9-3-2-4-10-19/h5-6,15H,2-4,7-13H2,1H3. The molecule has 2 aliphatic heterocycles. The first kappa shape index (κ1) is 13.8. The maximum Gasteiger partial charge on any atom is 0.151 e. The normalized spacial score (nSPS) is 22.1. The predicted octanol–water partition coefficient (Wildman–Crippen LogP) is 2.49. The van der Waals surface area contributed by atoms with Crippen LogP contribution in [0.3, 0.4) is 0 Å². The molecule has 20 heavy (non-hydrogen) atoms. The van der Waals surface area contributed by atoms with Crippen LogP contribution < -0.4 is 4.90 Å². The van der Waals surface area contributed by atoms with Gasteiger partial charge in [-0.25, -0.2) is 0 Å². The van der Waals surface area contributed by atoms with E-state index in [1.54, 1.807) is 0 Å². The average Bonchev–Trinajstić information content (AvgIpc) is 2.50. The van der Waals surface area contributed by atoms with E-state index in [0.717, 1.165) is 30.5 Å². The SMILES string of the molecule is Cc1ccc(N2CCC(CN3CCCCC3)CC2)nn1. The summed E-state index contributed by atoms with van der Waals surface area (Å²) < 4.78 is 0. The van der Waals surface area contributed by atoms with Gasteiger partial charge in [-0.3, -0.25) is 0 Å². The van der Waals surface area contributed by atoms with E-state index in [1.165, 1.54) is 51.7 Å². The van der Waals surface area contributed by atoms with E-state index in [1.807, 2.05) is 6.92 Å². The van der Waals surface area contributed by atoms with Crippen LogP contribution in [-0.2, 0) is 0 Å². The molecule has 0 spiro atoms. The lowest BCUT2D eigenvalue weighted by molar-refractivity contribution is 0.181. The number of anilines is 1. The van der Waals surface area contributed by atoms with Crippen LogP contribution in [0.5, 0.6) is 0 Å². The van der Waals surface area contributed by atoms with Gasteiger partial charge >= 0.3 is 0 Å². The second kappa shape index (κ2) is 6.53. The maximum atomic E-state index is 4.31. The molecule has 0 radical (unpaired) electrons. The van der Waals surface area contributed by atoms with Crippen molar-refractivity contribution in [3.63, 3.8) is 0 Å². The van der Waals surface area contributed by atoms with Crippen molar-refractivity contribution in [3.8, 4) is 0 Å². The number of piperidine rings is 2. The van der Waals surface area contributed by atoms with Crippen molar-refractivity contribution < 1.29 is 0 Å². The quantitative estimate of drug-likeness (QED) is 0.847. The van der Waals surface area contributed by atoms with Crippen LogP contribution in [0.15, 0.2) is 12.1 Å². The smallest absolute Gasteiger partial charge is 0.151 e. The van der Waals surface area contributed by atoms with Gasteiger partial charge in [0.2, 0.25) is 0 Å². The van der Waals surface area contributed by atoms with Gasteiger partial charge in [0.05, 0.1) is 5.69 Å². The molecule has 4 heteroatoms. The maximum absolute atomic E-state index is 4.31. The first-order valence-electron chi connectivity index (χ1n) is 8.09. The van der Waals surface area contributed by atoms with E-state index < -0.39 is 0 Å². The highest BCUT2D eigenvalue weighted by Gasteiger charge is 2.22. The molecule has 0 aromatic carbocycles. The van der Waals surface area contributed by atoms with E-state index in [0.29, 0.717) is 0 Å². The van der Waals surface area contributed by atoms with Crippen molar-refractivity contribution >= 4 is 5.82 Å². The molecule has 0 saturated carbocycles. The zero-order valence-electron chi connectivity index (χ0n) is 12.6. The fourth-order valence-electron chi connectivity index (χ4n) is 3.41. The van der Waals surface area contributed by atoms with Crippen LogP contribution in [0.4, 0.5) is 5.82 Å². The van der Waals surface area contributed by atoms with Crippen molar-refractivity contribution in [2.45, 2.75) is 39.0 Å². The number of aromatic nitrogens is 2. The molecule has 2 saturated heterocycles. The van der Waals surface area contributed by atoms with Crippen molar-refractivity contribution in [1.29, 1.82) is 0 Å². The fraction of sp³-hybridized carbons (Fsp3) is 0.750. The summed E-state index contributed by atoms with van der Waals surface area (Å²) in [6, 6.07) is 4.16. The largest absolute Gasteiger partial charge is 0.355 e. The van der Waals surface area contributed by atoms with Crippen LogP contribution in [0.2, 0.25) is 0 Å². The molecule has 0 bridgehead atoms. The molecule has 3 heterocycles. The second-order valence-corrected chi connectivity index (χ2v) is 6.32. The Morgan fingerprint density at radius 2 is 1.75 bits per heavy atom. The molecule has 1 aromatic rings. The summed E-state index contributed by atoms with van der Waals surface area (Å²) in [6.07, 6.45) is 6.83. The number of aryl methyl sites for hydroxylation is 1. The molecule has 110 valence electrons. The highest BCUT2D eigenvalue weighted by atomic mass is 15.3. The van der Waals surface area contributed by atoms with Gasteiger partial charge in [0, 0.05) is 19.6 Å². The monoisotopic (exact) mass is 274 g/mol. The van der Waals surface area contributed by atoms with Crippen LogP contribution >= 0.6 is 0 Å². The Kier molecular flexibility index (Phi) is 4.51. The summed E-state index contributed by atoms with van der Waals surface area (Å²) in [5, 5.41) is 8.48. The number of nitrogens with zero attached hydrogens (tertiary/aromatic N) is 4. The first-order chi connectivity index (χ1) is 9.81. The molecule has 0 aliphatic carbocycles. The van der Waals surface area contributed by atoms with Crippen molar-refractivity contribution in [2.24, 2.45) is 5.92 Å². The van der Waals surface area contributed by atoms with Crippen LogP contribution in [0.1, 0.15) is 37.8 Å². The third-order valence-electron chi connectivity index (χ3n) is 4.69. The molecule has 2 aliphatic rings. The fourth-order valence-corrected chi connectivity index (χ4v) is 3.41. The molecule has 3 rings (SSSR count). The van der Waals surface area contributed by atoms with Gasteiger partial charge in [0.15, 0.2) is 5.82 Å². The lowest BCUT2D eigenvalue weighted by Gasteiger charge is -2.36.